The lowest BCUT2D eigenvalue weighted by molar-refractivity contribution is -0.147. The molecule has 1 fully saturated rings. The Labute approximate surface area is 72.0 Å². The Hall–Kier alpha value is -0.610. The minimum atomic E-state index is -0.536. The smallest absolute Gasteiger partial charge is 0.322 e. The predicted octanol–water partition coefficient (Wildman–Crippen LogP) is 0.0558. The number of ether oxygens (including phenoxy) is 2. The highest BCUT2D eigenvalue weighted by Crippen LogP contribution is 2.11. The standard InChI is InChI=1S/C8H15NO3/c1-6(9)8(10)12-5-7-3-2-4-11-7/h6-7H,2-5,9H2,1H3/t6-,7-/m0/s1. The van der Waals surface area contributed by atoms with Gasteiger partial charge in [-0.1, -0.05) is 0 Å². The molecular formula is C8H15NO3. The van der Waals surface area contributed by atoms with Gasteiger partial charge in [-0.2, -0.15) is 0 Å². The summed E-state index contributed by atoms with van der Waals surface area (Å²) in [6.45, 7) is 2.73. The van der Waals surface area contributed by atoms with Crippen LogP contribution >= 0.6 is 0 Å². The zero-order chi connectivity index (χ0) is 8.97. The van der Waals surface area contributed by atoms with Gasteiger partial charge in [0.05, 0.1) is 6.10 Å². The van der Waals surface area contributed by atoms with Crippen LogP contribution in [0.2, 0.25) is 0 Å². The van der Waals surface area contributed by atoms with Crippen LogP contribution in [0.1, 0.15) is 19.8 Å². The summed E-state index contributed by atoms with van der Waals surface area (Å²) >= 11 is 0. The van der Waals surface area contributed by atoms with Crippen molar-refractivity contribution in [3.63, 3.8) is 0 Å². The maximum atomic E-state index is 10.9. The largest absolute Gasteiger partial charge is 0.462 e. The van der Waals surface area contributed by atoms with E-state index in [-0.39, 0.29) is 12.1 Å². The van der Waals surface area contributed by atoms with Gasteiger partial charge in [0.15, 0.2) is 0 Å². The fourth-order valence-corrected chi connectivity index (χ4v) is 1.08. The van der Waals surface area contributed by atoms with Gasteiger partial charge in [0.1, 0.15) is 12.6 Å². The quantitative estimate of drug-likeness (QED) is 0.613. The van der Waals surface area contributed by atoms with Crippen LogP contribution in [-0.2, 0) is 14.3 Å². The molecule has 0 spiro atoms. The van der Waals surface area contributed by atoms with Crippen LogP contribution in [0.15, 0.2) is 0 Å². The lowest BCUT2D eigenvalue weighted by Gasteiger charge is -2.11. The Kier molecular flexibility index (Phi) is 3.49. The second-order valence-electron chi connectivity index (χ2n) is 3.05. The monoisotopic (exact) mass is 173 g/mol. The van der Waals surface area contributed by atoms with E-state index in [1.807, 2.05) is 0 Å². The SMILES string of the molecule is C[C@H](N)C(=O)OC[C@@H]1CCCO1. The first-order chi connectivity index (χ1) is 5.70. The molecule has 70 valence electrons. The number of carbonyl (C=O) groups is 1. The van der Waals surface area contributed by atoms with Crippen LogP contribution in [-0.4, -0.2) is 31.3 Å². The van der Waals surface area contributed by atoms with Crippen molar-refractivity contribution in [3.05, 3.63) is 0 Å². The van der Waals surface area contributed by atoms with E-state index in [2.05, 4.69) is 0 Å². The lowest BCUT2D eigenvalue weighted by atomic mass is 10.2. The van der Waals surface area contributed by atoms with Crippen LogP contribution in [0, 0.1) is 0 Å². The van der Waals surface area contributed by atoms with Crippen molar-refractivity contribution in [3.8, 4) is 0 Å². The number of hydrogen-bond acceptors (Lipinski definition) is 4. The molecule has 0 aromatic heterocycles. The molecular weight excluding hydrogens is 158 g/mol. The summed E-state index contributed by atoms with van der Waals surface area (Å²) in [7, 11) is 0. The summed E-state index contributed by atoms with van der Waals surface area (Å²) in [5.74, 6) is -0.356. The van der Waals surface area contributed by atoms with E-state index in [1.54, 1.807) is 6.92 Å². The Morgan fingerprint density at radius 1 is 1.83 bits per heavy atom. The summed E-state index contributed by atoms with van der Waals surface area (Å²) in [5.41, 5.74) is 5.31. The van der Waals surface area contributed by atoms with Gasteiger partial charge in [-0.15, -0.1) is 0 Å². The minimum Gasteiger partial charge on any atom is -0.462 e. The normalized spacial score (nSPS) is 25.3. The van der Waals surface area contributed by atoms with E-state index >= 15 is 0 Å². The molecule has 0 aliphatic carbocycles. The maximum absolute atomic E-state index is 10.9. The molecule has 4 nitrogen and oxygen atoms in total. The first kappa shape index (κ1) is 9.48. The molecule has 1 aliphatic heterocycles. The van der Waals surface area contributed by atoms with Crippen molar-refractivity contribution in [1.29, 1.82) is 0 Å². The molecule has 0 aromatic carbocycles. The highest BCUT2D eigenvalue weighted by atomic mass is 16.6. The molecule has 0 saturated carbocycles. The molecule has 0 radical (unpaired) electrons. The number of hydrogen-bond donors (Lipinski definition) is 1. The summed E-state index contributed by atoms with van der Waals surface area (Å²) in [4.78, 5) is 10.9. The van der Waals surface area contributed by atoms with Gasteiger partial charge in [-0.05, 0) is 19.8 Å². The summed E-state index contributed by atoms with van der Waals surface area (Å²) in [6, 6.07) is -0.536. The van der Waals surface area contributed by atoms with Gasteiger partial charge < -0.3 is 15.2 Å². The molecule has 0 amide bonds. The van der Waals surface area contributed by atoms with Crippen LogP contribution in [0.5, 0.6) is 0 Å². The Morgan fingerprint density at radius 3 is 3.08 bits per heavy atom. The maximum Gasteiger partial charge on any atom is 0.322 e. The lowest BCUT2D eigenvalue weighted by Crippen LogP contribution is -2.31. The average molecular weight is 173 g/mol. The summed E-state index contributed by atoms with van der Waals surface area (Å²) in [6.07, 6.45) is 2.12. The van der Waals surface area contributed by atoms with Crippen molar-refractivity contribution in [2.24, 2.45) is 5.73 Å². The van der Waals surface area contributed by atoms with Crippen LogP contribution in [0.25, 0.3) is 0 Å². The zero-order valence-corrected chi connectivity index (χ0v) is 7.29. The number of nitrogens with two attached hydrogens (primary N) is 1. The molecule has 2 N–H and O–H groups in total. The molecule has 1 heterocycles. The average Bonchev–Trinajstić information content (AvgIpc) is 2.51. The van der Waals surface area contributed by atoms with Crippen molar-refractivity contribution >= 4 is 5.97 Å². The van der Waals surface area contributed by atoms with Gasteiger partial charge in [0.25, 0.3) is 0 Å². The van der Waals surface area contributed by atoms with Crippen LogP contribution in [0.3, 0.4) is 0 Å². The fraction of sp³-hybridized carbons (Fsp3) is 0.875. The molecule has 0 aromatic rings. The number of carbonyl (C=O) groups excluding carboxylic acids is 1. The van der Waals surface area contributed by atoms with Gasteiger partial charge in [0, 0.05) is 6.61 Å². The van der Waals surface area contributed by atoms with E-state index < -0.39 is 6.04 Å². The van der Waals surface area contributed by atoms with Gasteiger partial charge in [0.2, 0.25) is 0 Å². The molecule has 0 unspecified atom stereocenters. The molecule has 1 rings (SSSR count). The van der Waals surface area contributed by atoms with Crippen molar-refractivity contribution in [2.45, 2.75) is 31.9 Å². The zero-order valence-electron chi connectivity index (χ0n) is 7.29. The summed E-state index contributed by atoms with van der Waals surface area (Å²) < 4.78 is 10.2. The second-order valence-corrected chi connectivity index (χ2v) is 3.05. The molecule has 1 aliphatic rings. The third-order valence-corrected chi connectivity index (χ3v) is 1.81. The fourth-order valence-electron chi connectivity index (χ4n) is 1.08. The first-order valence-corrected chi connectivity index (χ1v) is 4.24. The Morgan fingerprint density at radius 2 is 2.58 bits per heavy atom. The Bertz CT molecular complexity index is 152. The van der Waals surface area contributed by atoms with E-state index in [1.165, 1.54) is 0 Å². The highest BCUT2D eigenvalue weighted by Gasteiger charge is 2.18. The third-order valence-electron chi connectivity index (χ3n) is 1.81. The predicted molar refractivity (Wildman–Crippen MR) is 43.6 cm³/mol. The second kappa shape index (κ2) is 4.42. The van der Waals surface area contributed by atoms with Crippen LogP contribution < -0.4 is 5.73 Å². The molecule has 4 heteroatoms. The van der Waals surface area contributed by atoms with E-state index in [0.717, 1.165) is 19.4 Å². The van der Waals surface area contributed by atoms with E-state index in [4.69, 9.17) is 15.2 Å². The molecule has 1 saturated heterocycles. The first-order valence-electron chi connectivity index (χ1n) is 4.24. The van der Waals surface area contributed by atoms with Crippen molar-refractivity contribution in [1.82, 2.24) is 0 Å². The van der Waals surface area contributed by atoms with Crippen molar-refractivity contribution < 1.29 is 14.3 Å². The minimum absolute atomic E-state index is 0.0905. The van der Waals surface area contributed by atoms with Crippen LogP contribution in [0.4, 0.5) is 0 Å². The molecule has 2 atom stereocenters. The third kappa shape index (κ3) is 2.79. The van der Waals surface area contributed by atoms with E-state index in [9.17, 15) is 4.79 Å². The van der Waals surface area contributed by atoms with E-state index in [0.29, 0.717) is 6.61 Å². The van der Waals surface area contributed by atoms with Gasteiger partial charge in [-0.3, -0.25) is 4.79 Å². The molecule has 0 bridgehead atoms. The number of esters is 1. The van der Waals surface area contributed by atoms with Gasteiger partial charge in [-0.25, -0.2) is 0 Å². The Balaban J connectivity index is 2.12. The summed E-state index contributed by atoms with van der Waals surface area (Å²) in [5, 5.41) is 0. The number of rotatable bonds is 3. The van der Waals surface area contributed by atoms with Crippen molar-refractivity contribution in [2.75, 3.05) is 13.2 Å². The van der Waals surface area contributed by atoms with Gasteiger partial charge >= 0.3 is 5.97 Å². The topological polar surface area (TPSA) is 61.6 Å². The molecule has 12 heavy (non-hydrogen) atoms. The highest BCUT2D eigenvalue weighted by molar-refractivity contribution is 5.74.